The molecule has 0 bridgehead atoms. The lowest BCUT2D eigenvalue weighted by atomic mass is 9.88. The maximum atomic E-state index is 14.5. The molecule has 1 aromatic carbocycles. The molecular formula is C37H38FN4O2S. The molecule has 8 heteroatoms. The van der Waals surface area contributed by atoms with Crippen molar-refractivity contribution < 1.29 is 15.3 Å². The van der Waals surface area contributed by atoms with Crippen LogP contribution in [-0.2, 0) is 0 Å². The summed E-state index contributed by atoms with van der Waals surface area (Å²) in [6.45, 7) is 7.56. The van der Waals surface area contributed by atoms with E-state index in [1.54, 1.807) is 43.2 Å². The van der Waals surface area contributed by atoms with Gasteiger partial charge < -0.3 is 4.74 Å². The second kappa shape index (κ2) is 14.4. The average molecular weight is 622 g/mol. The zero-order chi connectivity index (χ0) is 31.9. The first kappa shape index (κ1) is 31.8. The minimum Gasteiger partial charge on any atom is -0.496 e. The summed E-state index contributed by atoms with van der Waals surface area (Å²) < 4.78 is 19.7. The maximum Gasteiger partial charge on any atom is 0.259 e. The number of benzene rings is 1. The number of hydrogen-bond donors (Lipinski definition) is 1. The molecule has 0 fully saturated rings. The van der Waals surface area contributed by atoms with Gasteiger partial charge in [0.15, 0.2) is 0 Å². The predicted octanol–water partition coefficient (Wildman–Crippen LogP) is 9.26. The number of carbonyl (C=O) groups is 1. The van der Waals surface area contributed by atoms with Gasteiger partial charge in [-0.25, -0.2) is 4.39 Å². The lowest BCUT2D eigenvalue weighted by Crippen LogP contribution is -2.14. The fourth-order valence-corrected chi connectivity index (χ4v) is 5.93. The molecule has 1 N–H and O–H groups in total. The van der Waals surface area contributed by atoms with Gasteiger partial charge in [0.05, 0.1) is 18.2 Å². The molecule has 2 aromatic heterocycles. The summed E-state index contributed by atoms with van der Waals surface area (Å²) in [5.74, 6) is 0.0477. The summed E-state index contributed by atoms with van der Waals surface area (Å²) in [5, 5.41) is 11.5. The van der Waals surface area contributed by atoms with Crippen molar-refractivity contribution in [2.75, 3.05) is 12.4 Å². The normalized spacial score (nSPS) is 16.9. The van der Waals surface area contributed by atoms with Crippen LogP contribution in [0.4, 0.5) is 9.52 Å². The van der Waals surface area contributed by atoms with E-state index in [1.165, 1.54) is 60.3 Å². The van der Waals surface area contributed by atoms with Gasteiger partial charge in [-0.3, -0.25) is 15.1 Å². The second-order valence-corrected chi connectivity index (χ2v) is 11.8. The van der Waals surface area contributed by atoms with Crippen molar-refractivity contribution in [2.24, 2.45) is 5.92 Å². The zero-order valence-corrected chi connectivity index (χ0v) is 27.0. The number of halogens is 1. The molecule has 3 aromatic rings. The summed E-state index contributed by atoms with van der Waals surface area (Å²) in [4.78, 5) is 16.8. The van der Waals surface area contributed by atoms with Crippen LogP contribution in [0.5, 0.6) is 5.75 Å². The molecule has 1 amide bonds. The molecule has 45 heavy (non-hydrogen) atoms. The first-order chi connectivity index (χ1) is 21.9. The summed E-state index contributed by atoms with van der Waals surface area (Å²) >= 11 is 1.25. The van der Waals surface area contributed by atoms with Crippen molar-refractivity contribution in [3.05, 3.63) is 135 Å². The van der Waals surface area contributed by atoms with Crippen molar-refractivity contribution in [2.45, 2.75) is 47.0 Å². The minimum absolute atomic E-state index is 0. The van der Waals surface area contributed by atoms with Crippen LogP contribution in [0.2, 0.25) is 0 Å². The van der Waals surface area contributed by atoms with E-state index >= 15 is 0 Å². The quantitative estimate of drug-likeness (QED) is 0.266. The lowest BCUT2D eigenvalue weighted by molar-refractivity contribution is 0.102. The van der Waals surface area contributed by atoms with E-state index < -0.39 is 11.7 Å². The zero-order valence-electron chi connectivity index (χ0n) is 26.1. The molecule has 1 unspecified atom stereocenters. The molecule has 4 aliphatic carbocycles. The topological polar surface area (TPSA) is 77.0 Å². The Bertz CT molecular complexity index is 1840. The Morgan fingerprint density at radius 3 is 2.64 bits per heavy atom. The third-order valence-corrected chi connectivity index (χ3v) is 8.38. The number of amides is 1. The number of anilines is 1. The first-order valence-electron chi connectivity index (χ1n) is 15.1. The maximum absolute atomic E-state index is 14.5. The Kier molecular flexibility index (Phi) is 10.2. The fraction of sp³-hybridized carbons (Fsp3) is 0.243. The van der Waals surface area contributed by atoms with Gasteiger partial charge in [-0.05, 0) is 73.3 Å². The Labute approximate surface area is 269 Å². The number of rotatable bonds is 7. The molecule has 2 heterocycles. The van der Waals surface area contributed by atoms with E-state index in [1.807, 2.05) is 13.8 Å². The van der Waals surface area contributed by atoms with Gasteiger partial charge >= 0.3 is 0 Å². The Hall–Kier alpha value is -4.65. The molecule has 1 radical (unpaired) electrons. The number of nitrogens with one attached hydrogen (secondary N) is 1. The lowest BCUT2D eigenvalue weighted by Gasteiger charge is -2.17. The van der Waals surface area contributed by atoms with E-state index in [4.69, 9.17) is 4.74 Å². The highest BCUT2D eigenvalue weighted by molar-refractivity contribution is 7.15. The van der Waals surface area contributed by atoms with Crippen molar-refractivity contribution in [1.82, 2.24) is 15.2 Å². The SMILES string of the molecule is C1=CC=C(C2CCC3=C2C=C3)C=CC=1CC1=C[CH]1.CC.COc1cccc(F)c1-c1cc(C)ncc1C(=O)Nc1nnc(C)s1.[HH]. The summed E-state index contributed by atoms with van der Waals surface area (Å²) in [6, 6.07) is 6.17. The molecule has 0 spiro atoms. The standard InChI is InChI=1S/C18H15.C17H15FN4O2S.C2H6.H2/c1-2-13(12-14-4-5-14)6-7-15(3-1)17-10-8-16-9-11-18(16)17;1-9-7-11(15-13(18)5-4-6-14(15)24-3)12(8-19-9)16(23)20-17-22-21-10(2)25-17;1-2;/h1,3-7,9,11,17H,8,10,12H2;4-8H,1-3H3,(H,20,22,23);1-2H3;1H. The van der Waals surface area contributed by atoms with Gasteiger partial charge in [0.25, 0.3) is 5.91 Å². The van der Waals surface area contributed by atoms with Crippen molar-refractivity contribution >= 4 is 22.4 Å². The number of aryl methyl sites for hydroxylation is 2. The van der Waals surface area contributed by atoms with Crippen LogP contribution in [-0.4, -0.2) is 28.2 Å². The van der Waals surface area contributed by atoms with Crippen LogP contribution in [0.15, 0.2) is 107 Å². The second-order valence-electron chi connectivity index (χ2n) is 10.6. The monoisotopic (exact) mass is 621 g/mol. The summed E-state index contributed by atoms with van der Waals surface area (Å²) in [5.41, 5.74) is 12.2. The highest BCUT2D eigenvalue weighted by Gasteiger charge is 2.28. The van der Waals surface area contributed by atoms with Gasteiger partial charge in [-0.2, -0.15) is 0 Å². The third kappa shape index (κ3) is 7.54. The smallest absolute Gasteiger partial charge is 0.259 e. The Morgan fingerprint density at radius 2 is 1.98 bits per heavy atom. The van der Waals surface area contributed by atoms with Crippen molar-refractivity contribution in [3.8, 4) is 16.9 Å². The number of ether oxygens (including phenoxy) is 1. The van der Waals surface area contributed by atoms with Crippen molar-refractivity contribution in [1.29, 1.82) is 0 Å². The molecule has 0 aliphatic heterocycles. The van der Waals surface area contributed by atoms with Crippen LogP contribution >= 0.6 is 11.3 Å². The van der Waals surface area contributed by atoms with Gasteiger partial charge in [0.2, 0.25) is 5.13 Å². The van der Waals surface area contributed by atoms with E-state index in [2.05, 4.69) is 75.2 Å². The highest BCUT2D eigenvalue weighted by Crippen LogP contribution is 2.43. The number of methoxy groups -OCH3 is 1. The third-order valence-electron chi connectivity index (χ3n) is 7.63. The number of hydrogen-bond acceptors (Lipinski definition) is 6. The largest absolute Gasteiger partial charge is 0.496 e. The fourth-order valence-electron chi connectivity index (χ4n) is 5.35. The molecular weight excluding hydrogens is 583 g/mol. The van der Waals surface area contributed by atoms with Crippen LogP contribution in [0.1, 0.15) is 55.6 Å². The Balaban J connectivity index is 0.000000202. The summed E-state index contributed by atoms with van der Waals surface area (Å²) in [7, 11) is 1.45. The average Bonchev–Trinajstić information content (AvgIpc) is 3.74. The molecule has 1 atom stereocenters. The molecule has 0 saturated heterocycles. The number of allylic oxidation sites excluding steroid dienone is 11. The summed E-state index contributed by atoms with van der Waals surface area (Å²) in [6.07, 6.45) is 22.8. The van der Waals surface area contributed by atoms with E-state index in [9.17, 15) is 9.18 Å². The predicted molar refractivity (Wildman–Crippen MR) is 182 cm³/mol. The molecule has 231 valence electrons. The number of nitrogens with zero attached hydrogens (tertiary/aromatic N) is 3. The van der Waals surface area contributed by atoms with Gasteiger partial charge in [-0.15, -0.1) is 15.9 Å². The van der Waals surface area contributed by atoms with Crippen LogP contribution in [0.3, 0.4) is 0 Å². The molecule has 4 aliphatic rings. The molecule has 7 rings (SSSR count). The molecule has 0 saturated carbocycles. The van der Waals surface area contributed by atoms with E-state index in [0.717, 1.165) is 11.4 Å². The van der Waals surface area contributed by atoms with Crippen molar-refractivity contribution in [3.63, 3.8) is 0 Å². The number of aromatic nitrogens is 3. The van der Waals surface area contributed by atoms with E-state index in [-0.39, 0.29) is 12.6 Å². The van der Waals surface area contributed by atoms with E-state index in [0.29, 0.717) is 28.1 Å². The van der Waals surface area contributed by atoms with Crippen LogP contribution in [0.25, 0.3) is 11.1 Å². The minimum atomic E-state index is -0.481. The highest BCUT2D eigenvalue weighted by atomic mass is 32.1. The van der Waals surface area contributed by atoms with Gasteiger partial charge in [0, 0.05) is 37.6 Å². The van der Waals surface area contributed by atoms with Gasteiger partial charge in [-0.1, -0.05) is 73.3 Å². The number of carbonyl (C=O) groups excluding carboxylic acids is 1. The van der Waals surface area contributed by atoms with Crippen LogP contribution in [0, 0.1) is 32.0 Å². The van der Waals surface area contributed by atoms with Crippen LogP contribution < -0.4 is 10.1 Å². The Morgan fingerprint density at radius 1 is 1.16 bits per heavy atom. The number of pyridine rings is 1. The van der Waals surface area contributed by atoms with Gasteiger partial charge in [0.1, 0.15) is 16.6 Å². The molecule has 6 nitrogen and oxygen atoms in total. The first-order valence-corrected chi connectivity index (χ1v) is 15.9.